The van der Waals surface area contributed by atoms with E-state index in [1.807, 2.05) is 28.8 Å². The van der Waals surface area contributed by atoms with Crippen LogP contribution >= 0.6 is 0 Å². The Labute approximate surface area is 118 Å². The summed E-state index contributed by atoms with van der Waals surface area (Å²) in [6.07, 6.45) is 2.00. The first-order valence-electron chi connectivity index (χ1n) is 6.83. The van der Waals surface area contributed by atoms with E-state index in [0.717, 1.165) is 18.0 Å². The van der Waals surface area contributed by atoms with Gasteiger partial charge in [0.05, 0.1) is 6.04 Å². The highest BCUT2D eigenvalue weighted by Gasteiger charge is 2.12. The summed E-state index contributed by atoms with van der Waals surface area (Å²) in [5, 5.41) is 12.0. The molecule has 4 nitrogen and oxygen atoms in total. The first-order valence-corrected chi connectivity index (χ1v) is 6.83. The summed E-state index contributed by atoms with van der Waals surface area (Å²) in [4.78, 5) is 0. The van der Waals surface area contributed by atoms with Gasteiger partial charge in [-0.05, 0) is 37.1 Å². The maximum absolute atomic E-state index is 4.28. The fourth-order valence-electron chi connectivity index (χ4n) is 2.32. The van der Waals surface area contributed by atoms with Crippen molar-refractivity contribution in [2.75, 3.05) is 0 Å². The van der Waals surface area contributed by atoms with Crippen molar-refractivity contribution in [2.24, 2.45) is 0 Å². The van der Waals surface area contributed by atoms with Gasteiger partial charge >= 0.3 is 0 Å². The number of nitrogens with zero attached hydrogens (tertiary/aromatic N) is 3. The Kier molecular flexibility index (Phi) is 3.48. The van der Waals surface area contributed by atoms with Crippen LogP contribution in [0.25, 0.3) is 5.65 Å². The minimum absolute atomic E-state index is 0.145. The Morgan fingerprint density at radius 1 is 1.10 bits per heavy atom. The molecule has 1 aromatic carbocycles. The summed E-state index contributed by atoms with van der Waals surface area (Å²) >= 11 is 0. The van der Waals surface area contributed by atoms with Crippen molar-refractivity contribution < 1.29 is 0 Å². The molecule has 0 amide bonds. The molecule has 20 heavy (non-hydrogen) atoms. The Balaban J connectivity index is 1.77. The van der Waals surface area contributed by atoms with Gasteiger partial charge in [0.2, 0.25) is 0 Å². The fourth-order valence-corrected chi connectivity index (χ4v) is 2.32. The molecular formula is C16H18N4. The van der Waals surface area contributed by atoms with Crippen LogP contribution in [-0.4, -0.2) is 14.6 Å². The molecule has 0 aliphatic carbocycles. The van der Waals surface area contributed by atoms with Crippen molar-refractivity contribution in [1.29, 1.82) is 0 Å². The molecule has 102 valence electrons. The van der Waals surface area contributed by atoms with E-state index >= 15 is 0 Å². The maximum Gasteiger partial charge on any atom is 0.160 e. The molecule has 0 fully saturated rings. The molecule has 0 aliphatic heterocycles. The summed E-state index contributed by atoms with van der Waals surface area (Å²) in [7, 11) is 0. The molecule has 0 radical (unpaired) electrons. The summed E-state index contributed by atoms with van der Waals surface area (Å²) in [5.74, 6) is 0.939. The predicted octanol–water partition coefficient (Wildman–Crippen LogP) is 2.89. The molecule has 2 heterocycles. The molecule has 3 rings (SSSR count). The lowest BCUT2D eigenvalue weighted by atomic mass is 10.1. The van der Waals surface area contributed by atoms with Crippen molar-refractivity contribution in [3.63, 3.8) is 0 Å². The fraction of sp³-hybridized carbons (Fsp3) is 0.250. The summed E-state index contributed by atoms with van der Waals surface area (Å²) in [5.41, 5.74) is 3.50. The minimum Gasteiger partial charge on any atom is -0.303 e. The van der Waals surface area contributed by atoms with Crippen molar-refractivity contribution in [3.8, 4) is 0 Å². The van der Waals surface area contributed by atoms with E-state index in [2.05, 4.69) is 53.6 Å². The van der Waals surface area contributed by atoms with Gasteiger partial charge in [-0.2, -0.15) is 0 Å². The summed E-state index contributed by atoms with van der Waals surface area (Å²) in [6.45, 7) is 5.07. The Hall–Kier alpha value is -2.20. The van der Waals surface area contributed by atoms with Crippen LogP contribution < -0.4 is 5.32 Å². The number of hydrogen-bond donors (Lipinski definition) is 1. The van der Waals surface area contributed by atoms with Crippen LogP contribution in [0.3, 0.4) is 0 Å². The second kappa shape index (κ2) is 5.43. The molecule has 2 aromatic heterocycles. The molecule has 1 N–H and O–H groups in total. The Morgan fingerprint density at radius 2 is 1.90 bits per heavy atom. The van der Waals surface area contributed by atoms with Gasteiger partial charge in [0.1, 0.15) is 0 Å². The molecule has 0 aliphatic rings. The van der Waals surface area contributed by atoms with E-state index in [0.29, 0.717) is 0 Å². The maximum atomic E-state index is 4.28. The number of hydrogen-bond acceptors (Lipinski definition) is 3. The van der Waals surface area contributed by atoms with Gasteiger partial charge in [-0.1, -0.05) is 30.3 Å². The van der Waals surface area contributed by atoms with E-state index < -0.39 is 0 Å². The van der Waals surface area contributed by atoms with Gasteiger partial charge in [0.25, 0.3) is 0 Å². The van der Waals surface area contributed by atoms with Crippen LogP contribution in [0.4, 0.5) is 0 Å². The van der Waals surface area contributed by atoms with Crippen molar-refractivity contribution in [2.45, 2.75) is 26.4 Å². The van der Waals surface area contributed by atoms with Crippen molar-refractivity contribution >= 4 is 5.65 Å². The summed E-state index contributed by atoms with van der Waals surface area (Å²) in [6, 6.07) is 14.5. The van der Waals surface area contributed by atoms with Crippen LogP contribution in [-0.2, 0) is 6.54 Å². The number of aryl methyl sites for hydroxylation is 1. The zero-order chi connectivity index (χ0) is 13.9. The van der Waals surface area contributed by atoms with E-state index in [9.17, 15) is 0 Å². The van der Waals surface area contributed by atoms with Crippen LogP contribution in [0, 0.1) is 6.92 Å². The van der Waals surface area contributed by atoms with Crippen LogP contribution in [0.1, 0.15) is 29.9 Å². The average Bonchev–Trinajstić information content (AvgIpc) is 2.90. The number of benzene rings is 1. The third-order valence-corrected chi connectivity index (χ3v) is 3.59. The lowest BCUT2D eigenvalue weighted by Crippen LogP contribution is -2.20. The molecule has 0 saturated carbocycles. The molecule has 1 atom stereocenters. The molecule has 0 spiro atoms. The first kappa shape index (κ1) is 12.8. The minimum atomic E-state index is 0.145. The van der Waals surface area contributed by atoms with Crippen molar-refractivity contribution in [1.82, 2.24) is 19.9 Å². The van der Waals surface area contributed by atoms with Gasteiger partial charge in [0.15, 0.2) is 11.5 Å². The number of pyridine rings is 1. The average molecular weight is 266 g/mol. The molecule has 0 saturated heterocycles. The third-order valence-electron chi connectivity index (χ3n) is 3.59. The zero-order valence-corrected chi connectivity index (χ0v) is 11.7. The Morgan fingerprint density at radius 3 is 2.75 bits per heavy atom. The molecule has 1 unspecified atom stereocenters. The van der Waals surface area contributed by atoms with Crippen LogP contribution in [0.2, 0.25) is 0 Å². The SMILES string of the molecule is Cc1ccccc1CNC(C)c1nnc2ccccn12. The number of fused-ring (bicyclic) bond motifs is 1. The quantitative estimate of drug-likeness (QED) is 0.789. The van der Waals surface area contributed by atoms with Crippen molar-refractivity contribution in [3.05, 3.63) is 65.6 Å². The monoisotopic (exact) mass is 266 g/mol. The number of aromatic nitrogens is 3. The largest absolute Gasteiger partial charge is 0.303 e. The van der Waals surface area contributed by atoms with Crippen LogP contribution in [0.5, 0.6) is 0 Å². The second-order valence-electron chi connectivity index (χ2n) is 5.02. The topological polar surface area (TPSA) is 42.2 Å². The molecular weight excluding hydrogens is 248 g/mol. The smallest absolute Gasteiger partial charge is 0.160 e. The zero-order valence-electron chi connectivity index (χ0n) is 11.7. The first-order chi connectivity index (χ1) is 9.75. The lowest BCUT2D eigenvalue weighted by molar-refractivity contribution is 0.540. The number of nitrogens with one attached hydrogen (secondary N) is 1. The van der Waals surface area contributed by atoms with Gasteiger partial charge in [0, 0.05) is 12.7 Å². The molecule has 0 bridgehead atoms. The number of rotatable bonds is 4. The van der Waals surface area contributed by atoms with Gasteiger partial charge in [-0.25, -0.2) is 0 Å². The lowest BCUT2D eigenvalue weighted by Gasteiger charge is -2.13. The van der Waals surface area contributed by atoms with E-state index in [4.69, 9.17) is 0 Å². The van der Waals surface area contributed by atoms with Crippen LogP contribution in [0.15, 0.2) is 48.7 Å². The van der Waals surface area contributed by atoms with E-state index in [-0.39, 0.29) is 6.04 Å². The Bertz CT molecular complexity index is 717. The summed E-state index contributed by atoms with van der Waals surface area (Å²) < 4.78 is 2.02. The second-order valence-corrected chi connectivity index (χ2v) is 5.02. The van der Waals surface area contributed by atoms with Gasteiger partial charge in [-0.15, -0.1) is 10.2 Å². The van der Waals surface area contributed by atoms with E-state index in [1.54, 1.807) is 0 Å². The van der Waals surface area contributed by atoms with Gasteiger partial charge < -0.3 is 5.32 Å². The highest BCUT2D eigenvalue weighted by Crippen LogP contribution is 2.13. The molecule has 3 aromatic rings. The van der Waals surface area contributed by atoms with E-state index in [1.165, 1.54) is 11.1 Å². The third kappa shape index (κ3) is 2.42. The highest BCUT2D eigenvalue weighted by molar-refractivity contribution is 5.37. The predicted molar refractivity (Wildman–Crippen MR) is 79.4 cm³/mol. The standard InChI is InChI=1S/C16H18N4/c1-12-7-3-4-8-14(12)11-17-13(2)16-19-18-15-9-5-6-10-20(15)16/h3-10,13,17H,11H2,1-2H3. The normalized spacial score (nSPS) is 12.7. The van der Waals surface area contributed by atoms with Gasteiger partial charge in [-0.3, -0.25) is 4.40 Å². The molecule has 4 heteroatoms. The highest BCUT2D eigenvalue weighted by atomic mass is 15.3.